The van der Waals surface area contributed by atoms with Crippen molar-refractivity contribution in [3.05, 3.63) is 0 Å². The summed E-state index contributed by atoms with van der Waals surface area (Å²) in [6.07, 6.45) is 14.5. The van der Waals surface area contributed by atoms with E-state index in [0.29, 0.717) is 12.5 Å². The monoisotopic (exact) mass is 297 g/mol. The van der Waals surface area contributed by atoms with Crippen LogP contribution in [0.1, 0.15) is 105 Å². The molecule has 0 aromatic heterocycles. The molecule has 0 radical (unpaired) electrons. The van der Waals surface area contributed by atoms with Gasteiger partial charge in [-0.15, -0.1) is 0 Å². The van der Waals surface area contributed by atoms with Crippen molar-refractivity contribution in [2.45, 2.75) is 111 Å². The molecule has 0 aromatic rings. The molecular weight excluding hydrogens is 258 g/mol. The Labute approximate surface area is 133 Å². The van der Waals surface area contributed by atoms with Gasteiger partial charge in [0.1, 0.15) is 0 Å². The van der Waals surface area contributed by atoms with Crippen LogP contribution in [0, 0.1) is 5.92 Å². The largest absolute Gasteiger partial charge is 0.354 e. The summed E-state index contributed by atoms with van der Waals surface area (Å²) < 4.78 is 0. The van der Waals surface area contributed by atoms with Gasteiger partial charge in [-0.2, -0.15) is 0 Å². The summed E-state index contributed by atoms with van der Waals surface area (Å²) in [5, 5.41) is 3.11. The number of nitrogens with one attached hydrogen (secondary N) is 1. The Morgan fingerprint density at radius 3 is 2.19 bits per heavy atom. The van der Waals surface area contributed by atoms with Crippen LogP contribution in [0.15, 0.2) is 0 Å². The maximum absolute atomic E-state index is 11.8. The molecular formula is C19H39NO. The van der Waals surface area contributed by atoms with Gasteiger partial charge in [0.25, 0.3) is 0 Å². The Morgan fingerprint density at radius 2 is 1.57 bits per heavy atom. The van der Waals surface area contributed by atoms with Crippen LogP contribution in [0.4, 0.5) is 0 Å². The van der Waals surface area contributed by atoms with E-state index in [1.54, 1.807) is 0 Å². The zero-order chi connectivity index (χ0) is 15.9. The lowest BCUT2D eigenvalue weighted by atomic mass is 9.94. The highest BCUT2D eigenvalue weighted by Crippen LogP contribution is 2.19. The van der Waals surface area contributed by atoms with Gasteiger partial charge < -0.3 is 5.32 Å². The Bertz CT molecular complexity index is 240. The molecule has 2 atom stereocenters. The van der Waals surface area contributed by atoms with Crippen LogP contribution in [-0.2, 0) is 4.79 Å². The molecule has 0 aliphatic carbocycles. The van der Waals surface area contributed by atoms with E-state index in [1.165, 1.54) is 57.8 Å². The van der Waals surface area contributed by atoms with E-state index in [9.17, 15) is 4.79 Å². The van der Waals surface area contributed by atoms with E-state index in [2.05, 4.69) is 33.0 Å². The summed E-state index contributed by atoms with van der Waals surface area (Å²) in [6, 6.07) is 0.344. The lowest BCUT2D eigenvalue weighted by molar-refractivity contribution is -0.121. The van der Waals surface area contributed by atoms with Crippen LogP contribution in [0.2, 0.25) is 0 Å². The van der Waals surface area contributed by atoms with Crippen molar-refractivity contribution >= 4 is 5.91 Å². The van der Waals surface area contributed by atoms with Gasteiger partial charge in [-0.3, -0.25) is 4.79 Å². The molecule has 0 heterocycles. The third kappa shape index (κ3) is 12.9. The molecule has 0 bridgehead atoms. The van der Waals surface area contributed by atoms with Crippen molar-refractivity contribution in [3.63, 3.8) is 0 Å². The van der Waals surface area contributed by atoms with Gasteiger partial charge in [0.15, 0.2) is 0 Å². The summed E-state index contributed by atoms with van der Waals surface area (Å²) in [4.78, 5) is 11.8. The molecule has 1 N–H and O–H groups in total. The number of carbonyl (C=O) groups excluding carboxylic acids is 1. The minimum atomic E-state index is 0.246. The topological polar surface area (TPSA) is 29.1 Å². The van der Waals surface area contributed by atoms with Crippen molar-refractivity contribution < 1.29 is 4.79 Å². The first-order chi connectivity index (χ1) is 10.1. The molecule has 0 rings (SSSR count). The summed E-state index contributed by atoms with van der Waals surface area (Å²) in [6.45, 7) is 8.90. The molecule has 0 saturated heterocycles. The number of amides is 1. The van der Waals surface area contributed by atoms with Gasteiger partial charge in [0, 0.05) is 12.5 Å². The SMILES string of the molecule is CCCCC(C)NC(=O)CCCCCCC(CC)CCC. The quantitative estimate of drug-likeness (QED) is 0.400. The van der Waals surface area contributed by atoms with Crippen molar-refractivity contribution in [2.75, 3.05) is 0 Å². The van der Waals surface area contributed by atoms with Gasteiger partial charge in [0.2, 0.25) is 5.91 Å². The van der Waals surface area contributed by atoms with Gasteiger partial charge in [0.05, 0.1) is 0 Å². The minimum absolute atomic E-state index is 0.246. The summed E-state index contributed by atoms with van der Waals surface area (Å²) >= 11 is 0. The first-order valence-electron chi connectivity index (χ1n) is 9.43. The molecule has 0 fully saturated rings. The average molecular weight is 298 g/mol. The number of rotatable bonds is 14. The maximum Gasteiger partial charge on any atom is 0.220 e. The van der Waals surface area contributed by atoms with Crippen molar-refractivity contribution in [2.24, 2.45) is 5.92 Å². The number of carbonyl (C=O) groups is 1. The van der Waals surface area contributed by atoms with E-state index in [-0.39, 0.29) is 5.91 Å². The van der Waals surface area contributed by atoms with Crippen LogP contribution in [0.5, 0.6) is 0 Å². The zero-order valence-electron chi connectivity index (χ0n) is 15.0. The highest BCUT2D eigenvalue weighted by Gasteiger charge is 2.07. The maximum atomic E-state index is 11.8. The number of hydrogen-bond acceptors (Lipinski definition) is 1. The zero-order valence-corrected chi connectivity index (χ0v) is 15.0. The molecule has 0 spiro atoms. The Morgan fingerprint density at radius 1 is 0.857 bits per heavy atom. The predicted molar refractivity (Wildman–Crippen MR) is 93.5 cm³/mol. The normalized spacial score (nSPS) is 13.9. The fraction of sp³-hybridized carbons (Fsp3) is 0.947. The van der Waals surface area contributed by atoms with Crippen molar-refractivity contribution in [1.29, 1.82) is 0 Å². The van der Waals surface area contributed by atoms with E-state index in [0.717, 1.165) is 18.8 Å². The first kappa shape index (κ1) is 20.5. The van der Waals surface area contributed by atoms with Crippen LogP contribution in [0.3, 0.4) is 0 Å². The standard InChI is InChI=1S/C19H39NO/c1-5-8-14-17(4)20-19(21)16-12-10-9-11-15-18(7-3)13-6-2/h17-18H,5-16H2,1-4H3,(H,20,21). The Hall–Kier alpha value is -0.530. The molecule has 0 aliphatic rings. The van der Waals surface area contributed by atoms with E-state index >= 15 is 0 Å². The molecule has 2 nitrogen and oxygen atoms in total. The van der Waals surface area contributed by atoms with Gasteiger partial charge in [-0.1, -0.05) is 78.6 Å². The lowest BCUT2D eigenvalue weighted by Gasteiger charge is -2.14. The summed E-state index contributed by atoms with van der Waals surface area (Å²) in [7, 11) is 0. The molecule has 1 amide bonds. The number of unbranched alkanes of at least 4 members (excludes halogenated alkanes) is 4. The smallest absolute Gasteiger partial charge is 0.220 e. The second-order valence-electron chi connectivity index (χ2n) is 6.63. The molecule has 21 heavy (non-hydrogen) atoms. The number of hydrogen-bond donors (Lipinski definition) is 1. The Balaban J connectivity index is 3.47. The van der Waals surface area contributed by atoms with Crippen LogP contribution in [0.25, 0.3) is 0 Å². The molecule has 0 saturated carbocycles. The van der Waals surface area contributed by atoms with E-state index < -0.39 is 0 Å². The van der Waals surface area contributed by atoms with Gasteiger partial charge in [-0.25, -0.2) is 0 Å². The first-order valence-corrected chi connectivity index (χ1v) is 9.43. The highest BCUT2D eigenvalue weighted by atomic mass is 16.1. The fourth-order valence-corrected chi connectivity index (χ4v) is 2.96. The summed E-state index contributed by atoms with van der Waals surface area (Å²) in [5.41, 5.74) is 0. The van der Waals surface area contributed by atoms with Crippen LogP contribution in [-0.4, -0.2) is 11.9 Å². The summed E-state index contributed by atoms with van der Waals surface area (Å²) in [5.74, 6) is 1.17. The molecule has 2 heteroatoms. The third-order valence-electron chi connectivity index (χ3n) is 4.44. The minimum Gasteiger partial charge on any atom is -0.354 e. The van der Waals surface area contributed by atoms with Crippen molar-refractivity contribution in [1.82, 2.24) is 5.32 Å². The third-order valence-corrected chi connectivity index (χ3v) is 4.44. The van der Waals surface area contributed by atoms with E-state index in [4.69, 9.17) is 0 Å². The fourth-order valence-electron chi connectivity index (χ4n) is 2.96. The van der Waals surface area contributed by atoms with Gasteiger partial charge in [-0.05, 0) is 25.7 Å². The van der Waals surface area contributed by atoms with Gasteiger partial charge >= 0.3 is 0 Å². The Kier molecular flexibility index (Phi) is 14.0. The second-order valence-corrected chi connectivity index (χ2v) is 6.63. The van der Waals surface area contributed by atoms with Crippen LogP contribution < -0.4 is 5.32 Å². The second kappa shape index (κ2) is 14.4. The predicted octanol–water partition coefficient (Wildman–Crippen LogP) is 5.85. The average Bonchev–Trinajstić information content (AvgIpc) is 2.47. The lowest BCUT2D eigenvalue weighted by Crippen LogP contribution is -2.32. The van der Waals surface area contributed by atoms with E-state index in [1.807, 2.05) is 0 Å². The molecule has 2 unspecified atom stereocenters. The molecule has 0 aliphatic heterocycles. The molecule has 0 aromatic carbocycles. The highest BCUT2D eigenvalue weighted by molar-refractivity contribution is 5.76. The molecule has 126 valence electrons. The van der Waals surface area contributed by atoms with Crippen molar-refractivity contribution in [3.8, 4) is 0 Å². The van der Waals surface area contributed by atoms with Crippen LogP contribution >= 0.6 is 0 Å².